The van der Waals surface area contributed by atoms with Gasteiger partial charge in [0.2, 0.25) is 5.91 Å². The van der Waals surface area contributed by atoms with Crippen LogP contribution < -0.4 is 11.1 Å². The van der Waals surface area contributed by atoms with Crippen molar-refractivity contribution >= 4 is 5.91 Å². The summed E-state index contributed by atoms with van der Waals surface area (Å²) in [5, 5.41) is 3.28. The highest BCUT2D eigenvalue weighted by Gasteiger charge is 2.34. The van der Waals surface area contributed by atoms with Crippen molar-refractivity contribution < 1.29 is 31.1 Å². The zero-order valence-electron chi connectivity index (χ0n) is 20.0. The lowest BCUT2D eigenvalue weighted by atomic mass is 9.97. The van der Waals surface area contributed by atoms with Crippen molar-refractivity contribution in [3.63, 3.8) is 0 Å². The maximum Gasteiger partial charge on any atom is 0.416 e. The number of carbonyl (C=O) groups excluding carboxylic acids is 1. The van der Waals surface area contributed by atoms with Gasteiger partial charge in [0.1, 0.15) is 0 Å². The SMILES string of the molecule is C=C(C)C(F)(F)F.NC(=O)c1cccc(-c2ccc(CNC3Cc4ccccc4C3)c(C(F)(F)F)c2)c1. The molecule has 1 amide bonds. The van der Waals surface area contributed by atoms with Crippen molar-refractivity contribution in [2.75, 3.05) is 0 Å². The van der Waals surface area contributed by atoms with Crippen LogP contribution in [0.2, 0.25) is 0 Å². The zero-order chi connectivity index (χ0) is 27.4. The number of benzene rings is 3. The molecular weight excluding hydrogens is 494 g/mol. The number of fused-ring (bicyclic) bond motifs is 1. The van der Waals surface area contributed by atoms with Crippen LogP contribution in [-0.2, 0) is 25.6 Å². The second-order valence-electron chi connectivity index (χ2n) is 8.85. The lowest BCUT2D eigenvalue weighted by Crippen LogP contribution is -2.30. The summed E-state index contributed by atoms with van der Waals surface area (Å²) in [6.07, 6.45) is -7.04. The van der Waals surface area contributed by atoms with Gasteiger partial charge in [0.05, 0.1) is 5.56 Å². The Morgan fingerprint density at radius 3 is 2.00 bits per heavy atom. The molecule has 3 N–H and O–H groups in total. The van der Waals surface area contributed by atoms with E-state index in [4.69, 9.17) is 5.73 Å². The Balaban J connectivity index is 0.000000479. The fourth-order valence-corrected chi connectivity index (χ4v) is 3.98. The third kappa shape index (κ3) is 7.45. The summed E-state index contributed by atoms with van der Waals surface area (Å²) in [5.74, 6) is -0.619. The number of allylic oxidation sites excluding steroid dienone is 1. The fourth-order valence-electron chi connectivity index (χ4n) is 3.98. The molecule has 4 rings (SSSR count). The maximum atomic E-state index is 13.8. The highest BCUT2D eigenvalue weighted by atomic mass is 19.4. The van der Waals surface area contributed by atoms with Gasteiger partial charge in [0, 0.05) is 23.7 Å². The number of nitrogens with two attached hydrogens (primary N) is 1. The number of hydrogen-bond donors (Lipinski definition) is 2. The van der Waals surface area contributed by atoms with Crippen LogP contribution in [0.3, 0.4) is 0 Å². The van der Waals surface area contributed by atoms with Gasteiger partial charge in [-0.15, -0.1) is 0 Å². The number of rotatable bonds is 5. The van der Waals surface area contributed by atoms with Crippen LogP contribution >= 0.6 is 0 Å². The van der Waals surface area contributed by atoms with E-state index in [-0.39, 0.29) is 23.7 Å². The molecule has 0 bridgehead atoms. The molecule has 0 aromatic heterocycles. The van der Waals surface area contributed by atoms with Gasteiger partial charge in [-0.25, -0.2) is 0 Å². The van der Waals surface area contributed by atoms with Crippen LogP contribution in [0.15, 0.2) is 78.9 Å². The molecule has 196 valence electrons. The van der Waals surface area contributed by atoms with Crippen molar-refractivity contribution in [2.45, 2.75) is 44.7 Å². The van der Waals surface area contributed by atoms with E-state index in [0.717, 1.165) is 25.8 Å². The monoisotopic (exact) mass is 520 g/mol. The Kier molecular flexibility index (Phi) is 8.48. The van der Waals surface area contributed by atoms with Gasteiger partial charge in [-0.05, 0) is 65.8 Å². The Labute approximate surface area is 211 Å². The minimum absolute atomic E-state index is 0.121. The first-order chi connectivity index (χ1) is 17.3. The van der Waals surface area contributed by atoms with E-state index >= 15 is 0 Å². The van der Waals surface area contributed by atoms with Crippen LogP contribution in [0.1, 0.15) is 39.5 Å². The molecule has 0 fully saturated rings. The van der Waals surface area contributed by atoms with Crippen LogP contribution in [0, 0.1) is 0 Å². The minimum atomic E-state index is -4.48. The normalized spacial score (nSPS) is 13.5. The van der Waals surface area contributed by atoms with Gasteiger partial charge in [-0.2, -0.15) is 26.3 Å². The van der Waals surface area contributed by atoms with Crippen molar-refractivity contribution in [1.82, 2.24) is 5.32 Å². The van der Waals surface area contributed by atoms with Gasteiger partial charge >= 0.3 is 12.4 Å². The molecule has 0 heterocycles. The molecule has 0 spiro atoms. The number of hydrogen-bond acceptors (Lipinski definition) is 2. The molecule has 3 aromatic carbocycles. The summed E-state index contributed by atoms with van der Waals surface area (Å²) in [5.41, 5.74) is 7.72. The van der Waals surface area contributed by atoms with E-state index in [2.05, 4.69) is 24.0 Å². The third-order valence-electron chi connectivity index (χ3n) is 6.01. The number of alkyl halides is 6. The molecule has 3 nitrogen and oxygen atoms in total. The number of carbonyl (C=O) groups is 1. The average molecular weight is 521 g/mol. The van der Waals surface area contributed by atoms with E-state index in [9.17, 15) is 31.1 Å². The molecule has 1 aliphatic rings. The summed E-state index contributed by atoms with van der Waals surface area (Å²) in [6.45, 7) is 3.77. The fraction of sp³-hybridized carbons (Fsp3) is 0.250. The van der Waals surface area contributed by atoms with E-state index in [1.54, 1.807) is 18.2 Å². The predicted octanol–water partition coefficient (Wildman–Crippen LogP) is 6.85. The summed E-state index contributed by atoms with van der Waals surface area (Å²) >= 11 is 0. The van der Waals surface area contributed by atoms with Gasteiger partial charge in [0.15, 0.2) is 0 Å². The highest BCUT2D eigenvalue weighted by Crippen LogP contribution is 2.35. The molecule has 0 radical (unpaired) electrons. The molecule has 0 unspecified atom stereocenters. The quantitative estimate of drug-likeness (QED) is 0.286. The van der Waals surface area contributed by atoms with Gasteiger partial charge in [-0.1, -0.05) is 55.1 Å². The van der Waals surface area contributed by atoms with Crippen molar-refractivity contribution in [3.8, 4) is 11.1 Å². The van der Waals surface area contributed by atoms with Crippen LogP contribution in [0.4, 0.5) is 26.3 Å². The van der Waals surface area contributed by atoms with Gasteiger partial charge in [-0.3, -0.25) is 4.79 Å². The van der Waals surface area contributed by atoms with Crippen molar-refractivity contribution in [1.29, 1.82) is 0 Å². The topological polar surface area (TPSA) is 55.1 Å². The first-order valence-electron chi connectivity index (χ1n) is 11.4. The van der Waals surface area contributed by atoms with Crippen LogP contribution in [0.25, 0.3) is 11.1 Å². The molecule has 0 saturated heterocycles. The molecular formula is C28H26F6N2O. The number of primary amides is 1. The molecule has 1 aliphatic carbocycles. The van der Waals surface area contributed by atoms with Crippen molar-refractivity contribution in [2.24, 2.45) is 5.73 Å². The summed E-state index contributed by atoms with van der Waals surface area (Å²) in [4.78, 5) is 11.4. The Morgan fingerprint density at radius 2 is 1.49 bits per heavy atom. The minimum Gasteiger partial charge on any atom is -0.366 e. The highest BCUT2D eigenvalue weighted by molar-refractivity contribution is 5.94. The van der Waals surface area contributed by atoms with Crippen LogP contribution in [-0.4, -0.2) is 18.1 Å². The summed E-state index contributed by atoms with van der Waals surface area (Å²) in [6, 6.07) is 18.8. The second kappa shape index (κ2) is 11.2. The third-order valence-corrected chi connectivity index (χ3v) is 6.01. The number of nitrogens with one attached hydrogen (secondary N) is 1. The number of halogens is 6. The first kappa shape index (κ1) is 28.0. The smallest absolute Gasteiger partial charge is 0.366 e. The first-order valence-corrected chi connectivity index (χ1v) is 11.4. The molecule has 0 aliphatic heterocycles. The summed E-state index contributed by atoms with van der Waals surface area (Å²) in [7, 11) is 0. The van der Waals surface area contributed by atoms with E-state index < -0.39 is 29.4 Å². The molecule has 9 heteroatoms. The van der Waals surface area contributed by atoms with Gasteiger partial charge in [0.25, 0.3) is 0 Å². The molecule has 3 aromatic rings. The lowest BCUT2D eigenvalue weighted by Gasteiger charge is -2.18. The Morgan fingerprint density at radius 1 is 0.919 bits per heavy atom. The van der Waals surface area contributed by atoms with Gasteiger partial charge < -0.3 is 11.1 Å². The Hall–Kier alpha value is -3.59. The lowest BCUT2D eigenvalue weighted by molar-refractivity contribution is -0.138. The second-order valence-corrected chi connectivity index (χ2v) is 8.85. The molecule has 0 saturated carbocycles. The summed E-state index contributed by atoms with van der Waals surface area (Å²) < 4.78 is 74.5. The standard InChI is InChI=1S/C24H21F3N2O.C4H5F3/c25-24(26,27)22-13-18(15-6-3-7-19(10-15)23(28)30)8-9-20(22)14-29-21-11-16-4-1-2-5-17(16)12-21;1-3(2)4(5,6)7/h1-10,13,21,29H,11-12,14H2,(H2,28,30);1H2,2H3. The predicted molar refractivity (Wildman–Crippen MR) is 131 cm³/mol. The Bertz CT molecular complexity index is 1260. The molecule has 37 heavy (non-hydrogen) atoms. The molecule has 0 atom stereocenters. The number of amides is 1. The maximum absolute atomic E-state index is 13.8. The zero-order valence-corrected chi connectivity index (χ0v) is 20.0. The van der Waals surface area contributed by atoms with E-state index in [1.165, 1.54) is 29.3 Å². The average Bonchev–Trinajstić information content (AvgIpc) is 3.25. The van der Waals surface area contributed by atoms with E-state index in [1.807, 2.05) is 12.1 Å². The van der Waals surface area contributed by atoms with Crippen LogP contribution in [0.5, 0.6) is 0 Å². The van der Waals surface area contributed by atoms with Crippen molar-refractivity contribution in [3.05, 3.63) is 107 Å². The van der Waals surface area contributed by atoms with E-state index in [0.29, 0.717) is 11.1 Å². The largest absolute Gasteiger partial charge is 0.416 e.